The molecule has 1 aliphatic carbocycles. The molecule has 1 saturated carbocycles. The van der Waals surface area contributed by atoms with Gasteiger partial charge >= 0.3 is 11.9 Å². The monoisotopic (exact) mass is 892 g/mol. The number of carbonyl (C=O) groups is 2. The van der Waals surface area contributed by atoms with Gasteiger partial charge in [0.15, 0.2) is 29.6 Å². The number of ether oxygens (including phenoxy) is 7. The summed E-state index contributed by atoms with van der Waals surface area (Å²) in [5, 5.41) is 45.6. The van der Waals surface area contributed by atoms with Crippen molar-refractivity contribution in [3.05, 3.63) is 69.8 Å². The number of rotatable bonds is 18. The topological polar surface area (TPSA) is 236 Å². The van der Waals surface area contributed by atoms with Gasteiger partial charge in [0.1, 0.15) is 54.7 Å². The molecule has 0 radical (unpaired) electrons. The van der Waals surface area contributed by atoms with Gasteiger partial charge in [-0.2, -0.15) is 4.89 Å². The van der Waals surface area contributed by atoms with Gasteiger partial charge in [-0.25, -0.2) is 0 Å². The molecule has 0 amide bonds. The second-order valence-corrected chi connectivity index (χ2v) is 18.0. The molecule has 8 atom stereocenters. The van der Waals surface area contributed by atoms with Crippen molar-refractivity contribution in [2.45, 2.75) is 120 Å². The minimum Gasteiger partial charge on any atom is -0.508 e. The van der Waals surface area contributed by atoms with E-state index in [1.54, 1.807) is 19.2 Å². The Bertz CT molecular complexity index is 2140. The average Bonchev–Trinajstić information content (AvgIpc) is 3.88. The number of nitrogens with one attached hydrogen (secondary N) is 1. The molecule has 7 N–H and O–H groups in total. The molecule has 0 aromatic heterocycles. The third-order valence-corrected chi connectivity index (χ3v) is 12.5. The Balaban J connectivity index is 1.11. The van der Waals surface area contributed by atoms with Gasteiger partial charge in [0.2, 0.25) is 6.79 Å². The van der Waals surface area contributed by atoms with Crippen molar-refractivity contribution in [2.75, 3.05) is 40.2 Å². The first-order valence-electron chi connectivity index (χ1n) is 22.3. The molecule has 17 nitrogen and oxygen atoms in total. The Morgan fingerprint density at radius 3 is 2.50 bits per heavy atom. The van der Waals surface area contributed by atoms with Crippen molar-refractivity contribution in [3.8, 4) is 34.5 Å². The maximum Gasteiger partial charge on any atom is 0.317 e. The van der Waals surface area contributed by atoms with Crippen LogP contribution in [0.15, 0.2) is 36.4 Å². The molecule has 3 aromatic carbocycles. The molecule has 348 valence electrons. The molecule has 0 unspecified atom stereocenters. The highest BCUT2D eigenvalue weighted by atomic mass is 17.2. The van der Waals surface area contributed by atoms with E-state index in [2.05, 4.69) is 25.2 Å². The molecular weight excluding hydrogens is 833 g/mol. The zero-order chi connectivity index (χ0) is 45.1. The normalized spacial score (nSPS) is 25.1. The quantitative estimate of drug-likeness (QED) is 0.0451. The van der Waals surface area contributed by atoms with Crippen molar-refractivity contribution in [3.63, 3.8) is 0 Å². The smallest absolute Gasteiger partial charge is 0.317 e. The summed E-state index contributed by atoms with van der Waals surface area (Å²) in [7, 11) is 1.73. The highest BCUT2D eigenvalue weighted by Gasteiger charge is 2.49. The van der Waals surface area contributed by atoms with E-state index in [1.165, 1.54) is 19.3 Å². The molecule has 0 spiro atoms. The Labute approximate surface area is 371 Å². The van der Waals surface area contributed by atoms with E-state index in [4.69, 9.17) is 53.8 Å². The van der Waals surface area contributed by atoms with E-state index in [1.807, 2.05) is 18.2 Å². The zero-order valence-corrected chi connectivity index (χ0v) is 36.5. The summed E-state index contributed by atoms with van der Waals surface area (Å²) in [6.07, 6.45) is -1.09. The number of carboxylic acids is 1. The van der Waals surface area contributed by atoms with Crippen LogP contribution in [-0.4, -0.2) is 109 Å². The molecule has 0 bridgehead atoms. The molecule has 4 aliphatic heterocycles. The summed E-state index contributed by atoms with van der Waals surface area (Å²) in [4.78, 5) is 35.3. The number of nitrogens with two attached hydrogens (primary N) is 1. The van der Waals surface area contributed by atoms with E-state index in [9.17, 15) is 24.9 Å². The minimum absolute atomic E-state index is 0.0684. The number of hydrogen-bond acceptors (Lipinski definition) is 16. The van der Waals surface area contributed by atoms with Gasteiger partial charge in [-0.15, -0.1) is 0 Å². The van der Waals surface area contributed by atoms with Crippen LogP contribution in [0.5, 0.6) is 34.5 Å². The Morgan fingerprint density at radius 1 is 0.938 bits per heavy atom. The molecule has 8 rings (SSSR count). The maximum atomic E-state index is 12.1. The summed E-state index contributed by atoms with van der Waals surface area (Å²) < 4.78 is 42.2. The number of carbonyl (C=O) groups excluding carboxylic acids is 1. The van der Waals surface area contributed by atoms with Crippen molar-refractivity contribution in [1.29, 1.82) is 0 Å². The molecule has 5 aliphatic rings. The van der Waals surface area contributed by atoms with Gasteiger partial charge in [-0.3, -0.25) is 9.59 Å². The van der Waals surface area contributed by atoms with Crippen molar-refractivity contribution < 1.29 is 72.9 Å². The van der Waals surface area contributed by atoms with Crippen LogP contribution in [0.4, 0.5) is 0 Å². The largest absolute Gasteiger partial charge is 0.508 e. The van der Waals surface area contributed by atoms with Gasteiger partial charge in [-0.1, -0.05) is 52.0 Å². The number of likely N-dealkylation sites (N-methyl/N-ethyl adjacent to an activating group) is 1. The maximum absolute atomic E-state index is 12.1. The van der Waals surface area contributed by atoms with Gasteiger partial charge in [0.05, 0.1) is 19.1 Å². The fraction of sp³-hybridized carbons (Fsp3) is 0.574. The molecule has 64 heavy (non-hydrogen) atoms. The Hall–Kier alpha value is -4.88. The van der Waals surface area contributed by atoms with Crippen LogP contribution < -0.4 is 34.9 Å². The van der Waals surface area contributed by atoms with Crippen LogP contribution in [0.25, 0.3) is 0 Å². The predicted octanol–water partition coefficient (Wildman–Crippen LogP) is 4.35. The second kappa shape index (κ2) is 20.1. The molecule has 3 aromatic rings. The number of carboxylic acid groups (broad SMARTS) is 1. The summed E-state index contributed by atoms with van der Waals surface area (Å²) in [5.74, 6) is 1.31. The fourth-order valence-corrected chi connectivity index (χ4v) is 9.50. The number of aromatic hydroxyl groups is 1. The molecule has 2 fully saturated rings. The lowest BCUT2D eigenvalue weighted by atomic mass is 9.84. The number of benzene rings is 3. The van der Waals surface area contributed by atoms with Crippen LogP contribution in [-0.2, 0) is 47.9 Å². The van der Waals surface area contributed by atoms with Crippen molar-refractivity contribution >= 4 is 11.9 Å². The second-order valence-electron chi connectivity index (χ2n) is 18.0. The molecule has 1 saturated heterocycles. The van der Waals surface area contributed by atoms with Gasteiger partial charge < -0.3 is 69.5 Å². The van der Waals surface area contributed by atoms with Crippen LogP contribution in [0.3, 0.4) is 0 Å². The third kappa shape index (κ3) is 10.3. The van der Waals surface area contributed by atoms with Crippen molar-refractivity contribution in [1.82, 2.24) is 5.32 Å². The molecule has 4 heterocycles. The van der Waals surface area contributed by atoms with E-state index in [0.29, 0.717) is 66.2 Å². The number of esters is 1. The first-order chi connectivity index (χ1) is 30.8. The van der Waals surface area contributed by atoms with Crippen molar-refractivity contribution in [2.24, 2.45) is 17.6 Å². The highest BCUT2D eigenvalue weighted by molar-refractivity contribution is 5.90. The van der Waals surface area contributed by atoms with E-state index >= 15 is 0 Å². The number of aliphatic hydroxyl groups is 2. The van der Waals surface area contributed by atoms with E-state index in [0.717, 1.165) is 47.3 Å². The number of phenolic OH excluding ortho intramolecular Hbond substituents is 1. The summed E-state index contributed by atoms with van der Waals surface area (Å²) >= 11 is 0. The van der Waals surface area contributed by atoms with Crippen LogP contribution in [0.2, 0.25) is 0 Å². The minimum atomic E-state index is -1.71. The summed E-state index contributed by atoms with van der Waals surface area (Å²) in [6, 6.07) is 10.8. The predicted molar refractivity (Wildman–Crippen MR) is 228 cm³/mol. The lowest BCUT2D eigenvalue weighted by Crippen LogP contribution is -2.61. The first-order valence-corrected chi connectivity index (χ1v) is 22.3. The number of aliphatic carboxylic acids is 1. The summed E-state index contributed by atoms with van der Waals surface area (Å²) in [5.41, 5.74) is 11.3. The third-order valence-electron chi connectivity index (χ3n) is 12.5. The average molecular weight is 893 g/mol. The van der Waals surface area contributed by atoms with Crippen LogP contribution >= 0.6 is 0 Å². The Morgan fingerprint density at radius 2 is 1.73 bits per heavy atom. The van der Waals surface area contributed by atoms with Gasteiger partial charge in [0.25, 0.3) is 0 Å². The van der Waals surface area contributed by atoms with Gasteiger partial charge in [0, 0.05) is 41.3 Å². The lowest BCUT2D eigenvalue weighted by molar-refractivity contribution is -0.373. The highest BCUT2D eigenvalue weighted by Crippen LogP contribution is 2.57. The Kier molecular flexibility index (Phi) is 14.3. The van der Waals surface area contributed by atoms with E-state index < -0.39 is 67.8 Å². The van der Waals surface area contributed by atoms with Crippen LogP contribution in [0, 0.1) is 11.8 Å². The molecular formula is C47H60N2O15. The standard InChI is InChI=1S/C47H60N2O15/c1-24(2)9-33-43-31(16-37-45(33)60-23-59-37)34-21-56-36-15-28(12-27-11-26(13-30(50)14-27)10-25-7-5-4-6-8-25)35(17-32(36)44(34)62-43)63-64-46-42(55)41(54)38(22-57-40(53)18-39(51)52)61-47(46)58-20-29(48)19-49-3/h11,13-17,24-25,29,34,38,41-42,44,46-47,49-50,54-55H,4-10,12,18-23,48H2,1-3H3,(H,51,52)/t29-,34+,38+,41+,42-,44+,46+,47+/m0/s1. The lowest BCUT2D eigenvalue weighted by Gasteiger charge is -2.41. The summed E-state index contributed by atoms with van der Waals surface area (Å²) in [6.45, 7) is 4.47. The SMILES string of the molecule is CNC[C@H](N)CO[C@@H]1O[C@H](COC(=O)CC(=O)O)[C@@H](O)[C@H](O)[C@H]1OOc1cc2c(cc1Cc1cc(O)cc(CC3CCCCC3)c1)OC[C@@H]1c3cc4c(c(CC(C)C)c3O[C@H]21)OCO4. The van der Waals surface area contributed by atoms with E-state index in [-0.39, 0.29) is 30.8 Å². The number of fused-ring (bicyclic) bond motifs is 6. The number of aliphatic hydroxyl groups excluding tert-OH is 2. The zero-order valence-electron chi connectivity index (χ0n) is 36.5. The number of hydrogen-bond donors (Lipinski definition) is 6. The number of phenols is 1. The van der Waals surface area contributed by atoms with Crippen LogP contribution in [0.1, 0.15) is 97.8 Å². The fourth-order valence-electron chi connectivity index (χ4n) is 9.50. The first kappa shape index (κ1) is 45.7. The molecule has 17 heteroatoms. The van der Waals surface area contributed by atoms with Gasteiger partial charge in [-0.05, 0) is 73.2 Å².